The van der Waals surface area contributed by atoms with Crippen molar-refractivity contribution < 1.29 is 5.11 Å². The zero-order valence-corrected chi connectivity index (χ0v) is 10.5. The molecule has 1 atom stereocenters. The molecule has 0 saturated heterocycles. The van der Waals surface area contributed by atoms with E-state index >= 15 is 0 Å². The largest absolute Gasteiger partial charge is 0.507 e. The lowest BCUT2D eigenvalue weighted by Crippen LogP contribution is -2.27. The van der Waals surface area contributed by atoms with E-state index in [0.29, 0.717) is 23.4 Å². The number of hydrogen-bond donors (Lipinski definition) is 2. The van der Waals surface area contributed by atoms with Crippen molar-refractivity contribution in [3.05, 3.63) is 28.3 Å². The normalized spacial score (nSPS) is 17.4. The van der Waals surface area contributed by atoms with E-state index in [2.05, 4.69) is 12.2 Å². The lowest BCUT2D eigenvalue weighted by Gasteiger charge is -2.14. The van der Waals surface area contributed by atoms with Gasteiger partial charge >= 0.3 is 0 Å². The Labute approximate surface area is 102 Å². The molecule has 1 fully saturated rings. The Bertz CT molecular complexity index is 388. The van der Waals surface area contributed by atoms with Crippen LogP contribution in [0.15, 0.2) is 12.1 Å². The van der Waals surface area contributed by atoms with Gasteiger partial charge in [-0.25, -0.2) is 0 Å². The zero-order chi connectivity index (χ0) is 11.7. The summed E-state index contributed by atoms with van der Waals surface area (Å²) in [6.45, 7) is 4.76. The molecule has 2 rings (SSSR count). The van der Waals surface area contributed by atoms with Crippen LogP contribution in [0.5, 0.6) is 5.75 Å². The molecule has 0 heterocycles. The molecule has 0 aromatic heterocycles. The molecule has 1 saturated carbocycles. The van der Waals surface area contributed by atoms with E-state index in [1.54, 1.807) is 6.07 Å². The van der Waals surface area contributed by atoms with Gasteiger partial charge in [0.05, 0.1) is 0 Å². The van der Waals surface area contributed by atoms with E-state index < -0.39 is 0 Å². The van der Waals surface area contributed by atoms with E-state index in [1.807, 2.05) is 13.0 Å². The van der Waals surface area contributed by atoms with Gasteiger partial charge in [-0.05, 0) is 50.3 Å². The van der Waals surface area contributed by atoms with Crippen molar-refractivity contribution in [1.82, 2.24) is 5.32 Å². The first-order valence-electron chi connectivity index (χ1n) is 5.79. The molecule has 2 N–H and O–H groups in total. The van der Waals surface area contributed by atoms with Crippen LogP contribution in [0, 0.1) is 12.8 Å². The average Bonchev–Trinajstić information content (AvgIpc) is 3.04. The summed E-state index contributed by atoms with van der Waals surface area (Å²) in [4.78, 5) is 0. The van der Waals surface area contributed by atoms with Crippen LogP contribution in [-0.2, 0) is 6.54 Å². The van der Waals surface area contributed by atoms with Gasteiger partial charge in [0.15, 0.2) is 0 Å². The van der Waals surface area contributed by atoms with Crippen LogP contribution in [0.4, 0.5) is 0 Å². The molecular weight excluding hydrogens is 222 g/mol. The molecule has 0 spiro atoms. The molecule has 0 radical (unpaired) electrons. The molecule has 0 amide bonds. The number of benzene rings is 1. The molecule has 3 heteroatoms. The number of phenols is 1. The highest BCUT2D eigenvalue weighted by molar-refractivity contribution is 6.30. The van der Waals surface area contributed by atoms with Crippen molar-refractivity contribution in [1.29, 1.82) is 0 Å². The predicted octanol–water partition coefficient (Wildman–Crippen LogP) is 3.24. The zero-order valence-electron chi connectivity index (χ0n) is 9.76. The van der Waals surface area contributed by atoms with Crippen molar-refractivity contribution in [2.24, 2.45) is 5.92 Å². The maximum Gasteiger partial charge on any atom is 0.123 e. The first-order chi connectivity index (χ1) is 7.58. The standard InChI is InChI=1S/C13H18ClNO/c1-8-5-12(14)6-11(13(8)16)7-15-9(2)10-3-4-10/h5-6,9-10,15-16H,3-4,7H2,1-2H3. The Balaban J connectivity index is 2.02. The van der Waals surface area contributed by atoms with Crippen LogP contribution >= 0.6 is 11.6 Å². The fourth-order valence-electron chi connectivity index (χ4n) is 1.97. The van der Waals surface area contributed by atoms with Crippen LogP contribution in [0.1, 0.15) is 30.9 Å². The fraction of sp³-hybridized carbons (Fsp3) is 0.538. The SMILES string of the molecule is Cc1cc(Cl)cc(CNC(C)C2CC2)c1O. The van der Waals surface area contributed by atoms with E-state index in [4.69, 9.17) is 11.6 Å². The first kappa shape index (κ1) is 11.7. The highest BCUT2D eigenvalue weighted by atomic mass is 35.5. The lowest BCUT2D eigenvalue weighted by molar-refractivity contribution is 0.448. The molecule has 1 aromatic carbocycles. The quantitative estimate of drug-likeness (QED) is 0.846. The van der Waals surface area contributed by atoms with E-state index in [1.165, 1.54) is 12.8 Å². The lowest BCUT2D eigenvalue weighted by atomic mass is 10.1. The molecule has 2 nitrogen and oxygen atoms in total. The van der Waals surface area contributed by atoms with Crippen molar-refractivity contribution in [2.45, 2.75) is 39.3 Å². The van der Waals surface area contributed by atoms with Gasteiger partial charge in [-0.1, -0.05) is 11.6 Å². The molecule has 0 aliphatic heterocycles. The van der Waals surface area contributed by atoms with E-state index in [-0.39, 0.29) is 0 Å². The van der Waals surface area contributed by atoms with Gasteiger partial charge in [-0.3, -0.25) is 0 Å². The van der Waals surface area contributed by atoms with E-state index in [0.717, 1.165) is 17.0 Å². The molecule has 0 bridgehead atoms. The number of rotatable bonds is 4. The minimum atomic E-state index is 0.361. The van der Waals surface area contributed by atoms with Gasteiger partial charge in [0, 0.05) is 23.2 Å². The predicted molar refractivity (Wildman–Crippen MR) is 66.9 cm³/mol. The monoisotopic (exact) mass is 239 g/mol. The van der Waals surface area contributed by atoms with Crippen LogP contribution < -0.4 is 5.32 Å². The second kappa shape index (κ2) is 4.64. The average molecular weight is 240 g/mol. The third-order valence-corrected chi connectivity index (χ3v) is 3.51. The summed E-state index contributed by atoms with van der Waals surface area (Å²) in [5, 5.41) is 14.0. The van der Waals surface area contributed by atoms with Crippen molar-refractivity contribution in [3.8, 4) is 5.75 Å². The highest BCUT2D eigenvalue weighted by Gasteiger charge is 2.27. The minimum absolute atomic E-state index is 0.361. The second-order valence-corrected chi connectivity index (χ2v) is 5.17. The Morgan fingerprint density at radius 2 is 2.19 bits per heavy atom. The second-order valence-electron chi connectivity index (χ2n) is 4.74. The van der Waals surface area contributed by atoms with Crippen LogP contribution in [-0.4, -0.2) is 11.1 Å². The maximum atomic E-state index is 9.89. The van der Waals surface area contributed by atoms with Crippen molar-refractivity contribution in [3.63, 3.8) is 0 Å². The molecule has 88 valence electrons. The molecule has 16 heavy (non-hydrogen) atoms. The van der Waals surface area contributed by atoms with Gasteiger partial charge in [0.25, 0.3) is 0 Å². The number of nitrogens with one attached hydrogen (secondary N) is 1. The molecule has 1 aromatic rings. The topological polar surface area (TPSA) is 32.3 Å². The van der Waals surface area contributed by atoms with Gasteiger partial charge in [-0.2, -0.15) is 0 Å². The van der Waals surface area contributed by atoms with Gasteiger partial charge in [0.2, 0.25) is 0 Å². The van der Waals surface area contributed by atoms with Gasteiger partial charge in [0.1, 0.15) is 5.75 Å². The van der Waals surface area contributed by atoms with Gasteiger partial charge < -0.3 is 10.4 Å². The highest BCUT2D eigenvalue weighted by Crippen LogP contribution is 2.33. The summed E-state index contributed by atoms with van der Waals surface area (Å²) in [6, 6.07) is 4.14. The number of aryl methyl sites for hydroxylation is 1. The van der Waals surface area contributed by atoms with Crippen molar-refractivity contribution >= 4 is 11.6 Å². The van der Waals surface area contributed by atoms with E-state index in [9.17, 15) is 5.11 Å². The Hall–Kier alpha value is -0.730. The third-order valence-electron chi connectivity index (χ3n) is 3.29. The minimum Gasteiger partial charge on any atom is -0.507 e. The summed E-state index contributed by atoms with van der Waals surface area (Å²) in [7, 11) is 0. The number of halogens is 1. The Kier molecular flexibility index (Phi) is 3.41. The maximum absolute atomic E-state index is 9.89. The molecule has 1 unspecified atom stereocenters. The van der Waals surface area contributed by atoms with Crippen LogP contribution in [0.25, 0.3) is 0 Å². The van der Waals surface area contributed by atoms with Gasteiger partial charge in [-0.15, -0.1) is 0 Å². The Morgan fingerprint density at radius 3 is 2.81 bits per heavy atom. The smallest absolute Gasteiger partial charge is 0.123 e. The van der Waals surface area contributed by atoms with Crippen LogP contribution in [0.2, 0.25) is 5.02 Å². The summed E-state index contributed by atoms with van der Waals surface area (Å²) < 4.78 is 0. The van der Waals surface area contributed by atoms with Crippen LogP contribution in [0.3, 0.4) is 0 Å². The molecular formula is C13H18ClNO. The number of phenolic OH excluding ortho intramolecular Hbond substituents is 1. The molecule has 1 aliphatic rings. The summed E-state index contributed by atoms with van der Waals surface area (Å²) in [6.07, 6.45) is 2.66. The summed E-state index contributed by atoms with van der Waals surface area (Å²) in [5.74, 6) is 1.18. The summed E-state index contributed by atoms with van der Waals surface area (Å²) in [5.41, 5.74) is 1.72. The first-order valence-corrected chi connectivity index (χ1v) is 6.17. The number of hydrogen-bond acceptors (Lipinski definition) is 2. The number of aromatic hydroxyl groups is 1. The molecule has 1 aliphatic carbocycles. The Morgan fingerprint density at radius 1 is 1.50 bits per heavy atom. The third kappa shape index (κ3) is 2.69. The summed E-state index contributed by atoms with van der Waals surface area (Å²) >= 11 is 5.97. The fourth-order valence-corrected chi connectivity index (χ4v) is 2.27. The van der Waals surface area contributed by atoms with Crippen molar-refractivity contribution in [2.75, 3.05) is 0 Å².